The molecule has 0 saturated carbocycles. The number of benzene rings is 1. The summed E-state index contributed by atoms with van der Waals surface area (Å²) >= 11 is 0.873. The van der Waals surface area contributed by atoms with Crippen molar-refractivity contribution in [3.05, 3.63) is 29.8 Å². The molecule has 0 aliphatic carbocycles. The second-order valence-corrected chi connectivity index (χ2v) is 4.66. The van der Waals surface area contributed by atoms with Gasteiger partial charge in [0, 0.05) is 0 Å². The highest BCUT2D eigenvalue weighted by Crippen LogP contribution is 2.25. The van der Waals surface area contributed by atoms with Crippen LogP contribution in [0.3, 0.4) is 0 Å². The van der Waals surface area contributed by atoms with E-state index in [0.29, 0.717) is 5.56 Å². The third-order valence-corrected chi connectivity index (χ3v) is 3.17. The SMILES string of the molecule is O=C1CSC(=O)N1Cc1cccc(OC(F)(F)F)c1. The standard InChI is InChI=1S/C11H8F3NO3S/c12-11(13,14)18-8-3-1-2-7(4-8)5-15-9(16)6-19-10(15)17/h1-4H,5-6H2. The lowest BCUT2D eigenvalue weighted by molar-refractivity contribution is -0.274. The summed E-state index contributed by atoms with van der Waals surface area (Å²) in [5.41, 5.74) is 0.394. The number of thioether (sulfide) groups is 1. The molecule has 102 valence electrons. The number of nitrogens with zero attached hydrogens (tertiary/aromatic N) is 1. The first-order valence-corrected chi connectivity index (χ1v) is 6.15. The summed E-state index contributed by atoms with van der Waals surface area (Å²) in [6.45, 7) is -0.0558. The Balaban J connectivity index is 2.11. The molecule has 1 aliphatic heterocycles. The van der Waals surface area contributed by atoms with Crippen molar-refractivity contribution < 1.29 is 27.5 Å². The molecule has 1 heterocycles. The molecule has 1 saturated heterocycles. The smallest absolute Gasteiger partial charge is 0.406 e. The molecule has 0 radical (unpaired) electrons. The molecular weight excluding hydrogens is 283 g/mol. The van der Waals surface area contributed by atoms with Gasteiger partial charge in [-0.2, -0.15) is 0 Å². The van der Waals surface area contributed by atoms with Gasteiger partial charge in [-0.1, -0.05) is 23.9 Å². The van der Waals surface area contributed by atoms with Gasteiger partial charge in [0.25, 0.3) is 5.24 Å². The molecule has 4 nitrogen and oxygen atoms in total. The Labute approximate surface area is 110 Å². The van der Waals surface area contributed by atoms with E-state index in [4.69, 9.17) is 0 Å². The number of hydrogen-bond donors (Lipinski definition) is 0. The monoisotopic (exact) mass is 291 g/mol. The summed E-state index contributed by atoms with van der Waals surface area (Å²) in [6.07, 6.45) is -4.77. The van der Waals surface area contributed by atoms with E-state index in [2.05, 4.69) is 4.74 Å². The van der Waals surface area contributed by atoms with Crippen molar-refractivity contribution in [1.29, 1.82) is 0 Å². The number of amides is 2. The van der Waals surface area contributed by atoms with Crippen LogP contribution in [0.2, 0.25) is 0 Å². The van der Waals surface area contributed by atoms with Gasteiger partial charge in [0.05, 0.1) is 12.3 Å². The predicted molar refractivity (Wildman–Crippen MR) is 61.5 cm³/mol. The fourth-order valence-electron chi connectivity index (χ4n) is 1.56. The minimum Gasteiger partial charge on any atom is -0.406 e. The molecule has 0 bridgehead atoms. The molecule has 1 aromatic rings. The molecule has 2 amide bonds. The highest BCUT2D eigenvalue weighted by molar-refractivity contribution is 8.14. The van der Waals surface area contributed by atoms with Gasteiger partial charge in [-0.15, -0.1) is 13.2 Å². The topological polar surface area (TPSA) is 46.6 Å². The minimum atomic E-state index is -4.77. The van der Waals surface area contributed by atoms with Crippen LogP contribution in [-0.2, 0) is 11.3 Å². The Morgan fingerprint density at radius 2 is 2.05 bits per heavy atom. The normalized spacial score (nSPS) is 16.1. The third kappa shape index (κ3) is 3.63. The van der Waals surface area contributed by atoms with E-state index >= 15 is 0 Å². The third-order valence-electron chi connectivity index (χ3n) is 2.31. The van der Waals surface area contributed by atoms with E-state index in [1.165, 1.54) is 12.1 Å². The van der Waals surface area contributed by atoms with E-state index in [0.717, 1.165) is 28.8 Å². The maximum absolute atomic E-state index is 12.1. The van der Waals surface area contributed by atoms with Crippen molar-refractivity contribution >= 4 is 22.9 Å². The van der Waals surface area contributed by atoms with Crippen LogP contribution in [0.5, 0.6) is 5.75 Å². The molecule has 0 N–H and O–H groups in total. The highest BCUT2D eigenvalue weighted by Gasteiger charge is 2.32. The van der Waals surface area contributed by atoms with Gasteiger partial charge in [0.1, 0.15) is 5.75 Å². The van der Waals surface area contributed by atoms with E-state index in [1.54, 1.807) is 0 Å². The first-order chi connectivity index (χ1) is 8.85. The predicted octanol–water partition coefficient (Wildman–Crippen LogP) is 2.78. The van der Waals surface area contributed by atoms with E-state index in [-0.39, 0.29) is 24.0 Å². The van der Waals surface area contributed by atoms with Crippen molar-refractivity contribution in [3.8, 4) is 5.75 Å². The Bertz CT molecular complexity index is 502. The van der Waals surface area contributed by atoms with Crippen LogP contribution in [0.15, 0.2) is 24.3 Å². The summed E-state index contributed by atoms with van der Waals surface area (Å²) in [4.78, 5) is 23.7. The number of alkyl halides is 3. The van der Waals surface area contributed by atoms with Crippen LogP contribution in [0.4, 0.5) is 18.0 Å². The summed E-state index contributed by atoms with van der Waals surface area (Å²) < 4.78 is 39.9. The van der Waals surface area contributed by atoms with Gasteiger partial charge in [0.2, 0.25) is 5.91 Å². The van der Waals surface area contributed by atoms with Crippen molar-refractivity contribution in [1.82, 2.24) is 4.90 Å². The highest BCUT2D eigenvalue weighted by atomic mass is 32.2. The maximum Gasteiger partial charge on any atom is 0.573 e. The molecule has 0 aromatic heterocycles. The number of imide groups is 1. The van der Waals surface area contributed by atoms with Gasteiger partial charge >= 0.3 is 6.36 Å². The van der Waals surface area contributed by atoms with Crippen LogP contribution in [-0.4, -0.2) is 28.2 Å². The molecule has 8 heteroatoms. The van der Waals surface area contributed by atoms with E-state index in [1.807, 2.05) is 0 Å². The largest absolute Gasteiger partial charge is 0.573 e. The number of carbonyl (C=O) groups is 2. The summed E-state index contributed by atoms with van der Waals surface area (Å²) in [5.74, 6) is -0.661. The van der Waals surface area contributed by atoms with Crippen molar-refractivity contribution in [2.75, 3.05) is 5.75 Å². The lowest BCUT2D eigenvalue weighted by Crippen LogP contribution is -2.27. The molecule has 1 fully saturated rings. The van der Waals surface area contributed by atoms with Gasteiger partial charge in [-0.05, 0) is 17.7 Å². The zero-order valence-corrected chi connectivity index (χ0v) is 10.3. The summed E-state index contributed by atoms with van der Waals surface area (Å²) in [5, 5.41) is -0.396. The first-order valence-electron chi connectivity index (χ1n) is 5.17. The fraction of sp³-hybridized carbons (Fsp3) is 0.273. The molecule has 19 heavy (non-hydrogen) atoms. The quantitative estimate of drug-likeness (QED) is 0.859. The zero-order chi connectivity index (χ0) is 14.0. The average Bonchev–Trinajstić information content (AvgIpc) is 2.59. The van der Waals surface area contributed by atoms with Crippen LogP contribution >= 0.6 is 11.8 Å². The summed E-state index contributed by atoms with van der Waals surface area (Å²) in [6, 6.07) is 5.19. The van der Waals surface area contributed by atoms with Crippen LogP contribution in [0.25, 0.3) is 0 Å². The minimum absolute atomic E-state index is 0.0558. The van der Waals surface area contributed by atoms with E-state index in [9.17, 15) is 22.8 Å². The number of halogens is 3. The number of carbonyl (C=O) groups excluding carboxylic acids is 2. The molecule has 0 unspecified atom stereocenters. The number of ether oxygens (including phenoxy) is 1. The Morgan fingerprint density at radius 3 is 2.63 bits per heavy atom. The molecule has 1 aromatic carbocycles. The van der Waals surface area contributed by atoms with Crippen molar-refractivity contribution in [3.63, 3.8) is 0 Å². The average molecular weight is 291 g/mol. The van der Waals surface area contributed by atoms with Crippen molar-refractivity contribution in [2.24, 2.45) is 0 Å². The van der Waals surface area contributed by atoms with Crippen molar-refractivity contribution in [2.45, 2.75) is 12.9 Å². The Morgan fingerprint density at radius 1 is 1.32 bits per heavy atom. The Kier molecular flexibility index (Phi) is 3.70. The fourth-order valence-corrected chi connectivity index (χ4v) is 2.28. The molecule has 0 spiro atoms. The first kappa shape index (κ1) is 13.7. The lowest BCUT2D eigenvalue weighted by atomic mass is 10.2. The molecule has 1 aliphatic rings. The van der Waals surface area contributed by atoms with Gasteiger partial charge in [-0.25, -0.2) is 0 Å². The number of hydrogen-bond acceptors (Lipinski definition) is 4. The van der Waals surface area contributed by atoms with E-state index < -0.39 is 11.6 Å². The second-order valence-electron chi connectivity index (χ2n) is 3.73. The summed E-state index contributed by atoms with van der Waals surface area (Å²) in [7, 11) is 0. The van der Waals surface area contributed by atoms with Crippen LogP contribution in [0, 0.1) is 0 Å². The maximum atomic E-state index is 12.1. The van der Waals surface area contributed by atoms with Gasteiger partial charge in [0.15, 0.2) is 0 Å². The zero-order valence-electron chi connectivity index (χ0n) is 9.44. The molecular formula is C11H8F3NO3S. The van der Waals surface area contributed by atoms with Gasteiger partial charge in [-0.3, -0.25) is 14.5 Å². The lowest BCUT2D eigenvalue weighted by Gasteiger charge is -2.14. The second kappa shape index (κ2) is 5.12. The molecule has 0 atom stereocenters. The molecule has 2 rings (SSSR count). The van der Waals surface area contributed by atoms with Gasteiger partial charge < -0.3 is 4.74 Å². The van der Waals surface area contributed by atoms with Crippen LogP contribution < -0.4 is 4.74 Å². The van der Waals surface area contributed by atoms with Crippen LogP contribution in [0.1, 0.15) is 5.56 Å². The Hall–Kier alpha value is -1.70. The number of rotatable bonds is 3.